The van der Waals surface area contributed by atoms with E-state index in [2.05, 4.69) is 0 Å². The highest BCUT2D eigenvalue weighted by Gasteiger charge is 2.25. The fourth-order valence-corrected chi connectivity index (χ4v) is 2.06. The van der Waals surface area contributed by atoms with Crippen LogP contribution in [0.4, 0.5) is 14.5 Å². The minimum Gasteiger partial charge on any atom is -0.258 e. The van der Waals surface area contributed by atoms with E-state index in [9.17, 15) is 27.3 Å². The first-order valence-electron chi connectivity index (χ1n) is 4.29. The van der Waals surface area contributed by atoms with Crippen LogP contribution in [0, 0.1) is 33.1 Å². The molecule has 0 saturated heterocycles. The number of nitrogens with zero attached hydrogens (tertiary/aromatic N) is 2. The van der Waals surface area contributed by atoms with Gasteiger partial charge < -0.3 is 0 Å². The molecule has 0 heterocycles. The molecule has 10 heteroatoms. The zero-order valence-electron chi connectivity index (χ0n) is 8.55. The Morgan fingerprint density at radius 3 is 2.50 bits per heavy atom. The summed E-state index contributed by atoms with van der Waals surface area (Å²) in [6, 6.07) is 1.79. The van der Waals surface area contributed by atoms with Crippen molar-refractivity contribution in [3.8, 4) is 6.07 Å². The number of nitriles is 1. The largest absolute Gasteiger partial charge is 0.306 e. The predicted molar refractivity (Wildman–Crippen MR) is 53.8 cm³/mol. The predicted octanol–water partition coefficient (Wildman–Crippen LogP) is 0.675. The first kappa shape index (κ1) is 13.9. The number of nitro benzene ring substituents is 1. The molecule has 0 saturated carbocycles. The van der Waals surface area contributed by atoms with E-state index in [0.717, 1.165) is 0 Å². The summed E-state index contributed by atoms with van der Waals surface area (Å²) in [5, 5.41) is 18.6. The van der Waals surface area contributed by atoms with Gasteiger partial charge in [-0.3, -0.25) is 10.1 Å². The Bertz CT molecular complexity index is 638. The lowest BCUT2D eigenvalue weighted by molar-refractivity contribution is -0.387. The summed E-state index contributed by atoms with van der Waals surface area (Å²) in [6.07, 6.45) is 0. The van der Waals surface area contributed by atoms with Crippen molar-refractivity contribution in [2.24, 2.45) is 0 Å². The van der Waals surface area contributed by atoms with Gasteiger partial charge in [-0.1, -0.05) is 0 Å². The second-order valence-corrected chi connectivity index (χ2v) is 4.71. The molecule has 1 N–H and O–H groups in total. The van der Waals surface area contributed by atoms with Gasteiger partial charge in [0, 0.05) is 12.1 Å². The van der Waals surface area contributed by atoms with Crippen molar-refractivity contribution < 1.29 is 22.1 Å². The molecular weight excluding hydrogens is 272 g/mol. The molecule has 0 aliphatic rings. The number of benzene rings is 1. The van der Waals surface area contributed by atoms with Crippen LogP contribution in [-0.2, 0) is 10.0 Å². The van der Waals surface area contributed by atoms with Crippen LogP contribution in [0.15, 0.2) is 17.0 Å². The molecule has 1 rings (SSSR count). The Balaban J connectivity index is 3.38. The van der Waals surface area contributed by atoms with Crippen molar-refractivity contribution in [3.05, 3.63) is 33.9 Å². The minimum absolute atomic E-state index is 0.0963. The van der Waals surface area contributed by atoms with E-state index >= 15 is 0 Å². The average molecular weight is 277 g/mol. The van der Waals surface area contributed by atoms with Gasteiger partial charge in [0.15, 0.2) is 0 Å². The Morgan fingerprint density at radius 1 is 1.39 bits per heavy atom. The van der Waals surface area contributed by atoms with Crippen LogP contribution in [0.1, 0.15) is 0 Å². The summed E-state index contributed by atoms with van der Waals surface area (Å²) in [5.41, 5.74) is -1.17. The lowest BCUT2D eigenvalue weighted by Gasteiger charge is -2.05. The molecule has 0 amide bonds. The SMILES string of the molecule is N#CCNS(=O)(=O)c1cc([N+](=O)[O-])c(F)cc1F. The van der Waals surface area contributed by atoms with E-state index in [0.29, 0.717) is 0 Å². The maximum Gasteiger partial charge on any atom is 0.306 e. The number of rotatable bonds is 4. The smallest absolute Gasteiger partial charge is 0.258 e. The molecule has 18 heavy (non-hydrogen) atoms. The maximum absolute atomic E-state index is 13.3. The Kier molecular flexibility index (Phi) is 3.89. The van der Waals surface area contributed by atoms with Gasteiger partial charge in [-0.05, 0) is 0 Å². The molecule has 0 fully saturated rings. The highest BCUT2D eigenvalue weighted by Crippen LogP contribution is 2.24. The van der Waals surface area contributed by atoms with Gasteiger partial charge in [0.1, 0.15) is 10.7 Å². The van der Waals surface area contributed by atoms with Gasteiger partial charge in [-0.2, -0.15) is 14.4 Å². The van der Waals surface area contributed by atoms with Crippen molar-refractivity contribution in [3.63, 3.8) is 0 Å². The van der Waals surface area contributed by atoms with E-state index in [1.807, 2.05) is 0 Å². The van der Waals surface area contributed by atoms with Gasteiger partial charge >= 0.3 is 5.69 Å². The summed E-state index contributed by atoms with van der Waals surface area (Å²) in [6.45, 7) is -0.646. The van der Waals surface area contributed by atoms with Crippen LogP contribution in [0.5, 0.6) is 0 Å². The van der Waals surface area contributed by atoms with Gasteiger partial charge in [0.05, 0.1) is 17.5 Å². The number of nitrogens with one attached hydrogen (secondary N) is 1. The van der Waals surface area contributed by atoms with Crippen LogP contribution in [0.2, 0.25) is 0 Å². The molecule has 0 aliphatic carbocycles. The van der Waals surface area contributed by atoms with E-state index in [1.165, 1.54) is 6.07 Å². The van der Waals surface area contributed by atoms with Crippen molar-refractivity contribution in [1.82, 2.24) is 4.72 Å². The monoisotopic (exact) mass is 277 g/mol. The Hall–Kier alpha value is -2.12. The Labute approximate surface area is 99.8 Å². The highest BCUT2D eigenvalue weighted by molar-refractivity contribution is 7.89. The molecule has 0 aliphatic heterocycles. The van der Waals surface area contributed by atoms with Crippen LogP contribution in [-0.4, -0.2) is 19.9 Å². The molecule has 0 spiro atoms. The summed E-state index contributed by atoms with van der Waals surface area (Å²) >= 11 is 0. The number of nitro groups is 1. The van der Waals surface area contributed by atoms with Gasteiger partial charge in [0.25, 0.3) is 0 Å². The second kappa shape index (κ2) is 5.03. The standard InChI is InChI=1S/C8H5F2N3O4S/c9-5-3-6(10)8(4-7(5)13(14)15)18(16,17)12-2-1-11/h3-4,12H,2H2. The normalized spacial score (nSPS) is 10.9. The molecule has 96 valence electrons. The van der Waals surface area contributed by atoms with Crippen molar-refractivity contribution in [2.45, 2.75) is 4.90 Å². The van der Waals surface area contributed by atoms with Crippen LogP contribution in [0.3, 0.4) is 0 Å². The summed E-state index contributed by atoms with van der Waals surface area (Å²) in [4.78, 5) is 8.13. The number of hydrogen-bond donors (Lipinski definition) is 1. The van der Waals surface area contributed by atoms with Gasteiger partial charge in [-0.15, -0.1) is 0 Å². The third kappa shape index (κ3) is 2.76. The first-order valence-corrected chi connectivity index (χ1v) is 5.78. The van der Waals surface area contributed by atoms with Crippen LogP contribution in [0.25, 0.3) is 0 Å². The quantitative estimate of drug-likeness (QED) is 0.493. The summed E-state index contributed by atoms with van der Waals surface area (Å²) in [7, 11) is -4.44. The lowest BCUT2D eigenvalue weighted by atomic mass is 10.3. The molecule has 1 aromatic rings. The number of halogens is 2. The van der Waals surface area contributed by atoms with Crippen molar-refractivity contribution in [1.29, 1.82) is 5.26 Å². The Morgan fingerprint density at radius 2 is 2.00 bits per heavy atom. The molecule has 0 radical (unpaired) electrons. The van der Waals surface area contributed by atoms with E-state index in [-0.39, 0.29) is 12.1 Å². The number of sulfonamides is 1. The van der Waals surface area contributed by atoms with E-state index < -0.39 is 43.7 Å². The molecule has 0 atom stereocenters. The van der Waals surface area contributed by atoms with Crippen LogP contribution >= 0.6 is 0 Å². The molecular formula is C8H5F2N3O4S. The number of hydrogen-bond acceptors (Lipinski definition) is 5. The van der Waals surface area contributed by atoms with E-state index in [4.69, 9.17) is 5.26 Å². The van der Waals surface area contributed by atoms with E-state index in [1.54, 1.807) is 4.72 Å². The zero-order valence-corrected chi connectivity index (χ0v) is 9.37. The fourth-order valence-electron chi connectivity index (χ4n) is 1.07. The minimum atomic E-state index is -4.44. The average Bonchev–Trinajstić information content (AvgIpc) is 2.25. The van der Waals surface area contributed by atoms with Gasteiger partial charge in [-0.25, -0.2) is 12.8 Å². The molecule has 0 aromatic heterocycles. The second-order valence-electron chi connectivity index (χ2n) is 2.97. The maximum atomic E-state index is 13.3. The lowest BCUT2D eigenvalue weighted by Crippen LogP contribution is -2.25. The summed E-state index contributed by atoms with van der Waals surface area (Å²) in [5.74, 6) is -2.97. The zero-order chi connectivity index (χ0) is 13.9. The third-order valence-electron chi connectivity index (χ3n) is 1.83. The summed E-state index contributed by atoms with van der Waals surface area (Å²) < 4.78 is 50.8. The molecule has 0 unspecified atom stereocenters. The topological polar surface area (TPSA) is 113 Å². The molecule has 1 aromatic carbocycles. The first-order chi connectivity index (χ1) is 8.29. The highest BCUT2D eigenvalue weighted by atomic mass is 32.2. The third-order valence-corrected chi connectivity index (χ3v) is 3.25. The molecule has 7 nitrogen and oxygen atoms in total. The fraction of sp³-hybridized carbons (Fsp3) is 0.125. The van der Waals surface area contributed by atoms with Crippen molar-refractivity contribution in [2.75, 3.05) is 6.54 Å². The van der Waals surface area contributed by atoms with Gasteiger partial charge in [0.2, 0.25) is 15.8 Å². The molecule has 0 bridgehead atoms. The van der Waals surface area contributed by atoms with Crippen LogP contribution < -0.4 is 4.72 Å². The van der Waals surface area contributed by atoms with Crippen molar-refractivity contribution >= 4 is 15.7 Å².